The third kappa shape index (κ3) is 5.72. The first-order chi connectivity index (χ1) is 16.6. The molecular weight excluding hydrogens is 474 g/mol. The van der Waals surface area contributed by atoms with E-state index in [0.29, 0.717) is 36.6 Å². The van der Waals surface area contributed by atoms with Gasteiger partial charge in [0.25, 0.3) is 0 Å². The molecule has 4 rings (SSSR count). The summed E-state index contributed by atoms with van der Waals surface area (Å²) >= 11 is 6.16. The second-order valence-corrected chi connectivity index (χ2v) is 10.2. The van der Waals surface area contributed by atoms with Crippen molar-refractivity contribution < 1.29 is 19.1 Å². The van der Waals surface area contributed by atoms with Gasteiger partial charge in [-0.25, -0.2) is 9.48 Å². The van der Waals surface area contributed by atoms with Gasteiger partial charge in [-0.15, -0.1) is 5.10 Å². The summed E-state index contributed by atoms with van der Waals surface area (Å²) in [5.74, 6) is -0.467. The number of ether oxygens (including phenoxy) is 1. The molecule has 2 fully saturated rings. The molecule has 0 aliphatic carbocycles. The minimum absolute atomic E-state index is 0.195. The molecule has 11 nitrogen and oxygen atoms in total. The fourth-order valence-electron chi connectivity index (χ4n) is 4.33. The molecule has 1 unspecified atom stereocenters. The van der Waals surface area contributed by atoms with Gasteiger partial charge in [-0.05, 0) is 80.6 Å². The van der Waals surface area contributed by atoms with Gasteiger partial charge in [-0.2, -0.15) is 0 Å². The molecule has 12 heteroatoms. The summed E-state index contributed by atoms with van der Waals surface area (Å²) in [5.41, 5.74) is 0.776. The standard InChI is InChI=1S/C23H30ClN7O4/c1-23(2,3)35-22(34)30-10-5-4-6-19(30)21(33)29-11-9-18(29)20(32)25-13-15-12-16(24)7-8-17(15)31-14-26-27-28-31/h7-8,12,14,18-19H,4-6,9-11,13H2,1-3H3,(H,25,32)/t18-,19?/m0/s1. The van der Waals surface area contributed by atoms with Gasteiger partial charge in [0.1, 0.15) is 24.0 Å². The molecule has 2 aliphatic heterocycles. The molecule has 0 saturated carbocycles. The fourth-order valence-corrected chi connectivity index (χ4v) is 4.53. The van der Waals surface area contributed by atoms with Crippen molar-refractivity contribution in [1.82, 2.24) is 35.3 Å². The highest BCUT2D eigenvalue weighted by Crippen LogP contribution is 2.27. The minimum atomic E-state index is -0.650. The van der Waals surface area contributed by atoms with E-state index >= 15 is 0 Å². The maximum absolute atomic E-state index is 13.4. The van der Waals surface area contributed by atoms with Crippen LogP contribution in [-0.2, 0) is 20.9 Å². The SMILES string of the molecule is CC(C)(C)OC(=O)N1CCCCC1C(=O)N1CC[C@H]1C(=O)NCc1cc(Cl)ccc1-n1cnnn1. The van der Waals surface area contributed by atoms with Crippen LogP contribution in [0.4, 0.5) is 4.79 Å². The van der Waals surface area contributed by atoms with Gasteiger partial charge in [-0.1, -0.05) is 11.6 Å². The molecule has 0 bridgehead atoms. The Morgan fingerprint density at radius 1 is 1.11 bits per heavy atom. The van der Waals surface area contributed by atoms with Gasteiger partial charge in [0, 0.05) is 24.7 Å². The van der Waals surface area contributed by atoms with Crippen LogP contribution in [0.1, 0.15) is 52.0 Å². The van der Waals surface area contributed by atoms with E-state index in [-0.39, 0.29) is 18.4 Å². The molecule has 2 aliphatic rings. The van der Waals surface area contributed by atoms with Crippen molar-refractivity contribution in [2.75, 3.05) is 13.1 Å². The molecule has 35 heavy (non-hydrogen) atoms. The highest BCUT2D eigenvalue weighted by atomic mass is 35.5. The Hall–Kier alpha value is -3.21. The molecule has 1 aromatic carbocycles. The van der Waals surface area contributed by atoms with Crippen molar-refractivity contribution in [3.05, 3.63) is 35.1 Å². The Kier molecular flexibility index (Phi) is 7.25. The van der Waals surface area contributed by atoms with Crippen LogP contribution in [0.3, 0.4) is 0 Å². The van der Waals surface area contributed by atoms with Gasteiger partial charge in [0.2, 0.25) is 11.8 Å². The van der Waals surface area contributed by atoms with Crippen LogP contribution in [0.5, 0.6) is 0 Å². The first-order valence-corrected chi connectivity index (χ1v) is 12.1. The number of aromatic nitrogens is 4. The molecule has 2 aromatic rings. The van der Waals surface area contributed by atoms with E-state index in [2.05, 4.69) is 20.8 Å². The smallest absolute Gasteiger partial charge is 0.410 e. The number of halogens is 1. The lowest BCUT2D eigenvalue weighted by molar-refractivity contribution is -0.152. The van der Waals surface area contributed by atoms with Gasteiger partial charge >= 0.3 is 6.09 Å². The Labute approximate surface area is 208 Å². The van der Waals surface area contributed by atoms with Crippen molar-refractivity contribution in [2.24, 2.45) is 0 Å². The summed E-state index contributed by atoms with van der Waals surface area (Å²) in [4.78, 5) is 42.1. The molecule has 1 aromatic heterocycles. The number of carbonyl (C=O) groups excluding carboxylic acids is 3. The third-order valence-corrected chi connectivity index (χ3v) is 6.35. The summed E-state index contributed by atoms with van der Waals surface area (Å²) < 4.78 is 7.00. The Morgan fingerprint density at radius 2 is 1.91 bits per heavy atom. The maximum atomic E-state index is 13.4. The lowest BCUT2D eigenvalue weighted by atomic mass is 9.96. The zero-order valence-electron chi connectivity index (χ0n) is 20.1. The molecule has 0 radical (unpaired) electrons. The number of likely N-dealkylation sites (tertiary alicyclic amines) is 2. The Balaban J connectivity index is 1.41. The van der Waals surface area contributed by atoms with E-state index < -0.39 is 23.8 Å². The predicted molar refractivity (Wildman–Crippen MR) is 127 cm³/mol. The van der Waals surface area contributed by atoms with Crippen LogP contribution in [-0.4, -0.2) is 78.7 Å². The van der Waals surface area contributed by atoms with Gasteiger partial charge in [-0.3, -0.25) is 14.5 Å². The fraction of sp³-hybridized carbons (Fsp3) is 0.565. The number of carbonyl (C=O) groups is 3. The summed E-state index contributed by atoms with van der Waals surface area (Å²) in [6.45, 7) is 6.53. The van der Waals surface area contributed by atoms with E-state index in [1.54, 1.807) is 43.9 Å². The Morgan fingerprint density at radius 3 is 2.57 bits per heavy atom. The summed E-state index contributed by atoms with van der Waals surface area (Å²) in [5, 5.41) is 14.6. The second-order valence-electron chi connectivity index (χ2n) is 9.77. The lowest BCUT2D eigenvalue weighted by Crippen LogP contribution is -2.63. The topological polar surface area (TPSA) is 123 Å². The van der Waals surface area contributed by atoms with E-state index in [9.17, 15) is 14.4 Å². The molecule has 1 N–H and O–H groups in total. The van der Waals surface area contributed by atoms with Crippen LogP contribution in [0.2, 0.25) is 5.02 Å². The number of hydrogen-bond donors (Lipinski definition) is 1. The number of rotatable bonds is 5. The molecule has 0 spiro atoms. The maximum Gasteiger partial charge on any atom is 0.410 e. The minimum Gasteiger partial charge on any atom is -0.444 e. The monoisotopic (exact) mass is 503 g/mol. The number of piperidine rings is 1. The van der Waals surface area contributed by atoms with Crippen molar-refractivity contribution in [3.8, 4) is 5.69 Å². The average Bonchev–Trinajstić information content (AvgIpc) is 3.30. The highest BCUT2D eigenvalue weighted by Gasteiger charge is 2.44. The van der Waals surface area contributed by atoms with Crippen molar-refractivity contribution in [2.45, 2.75) is 70.7 Å². The molecule has 2 saturated heterocycles. The largest absolute Gasteiger partial charge is 0.444 e. The Bertz CT molecular complexity index is 1090. The van der Waals surface area contributed by atoms with Gasteiger partial charge < -0.3 is 15.0 Å². The highest BCUT2D eigenvalue weighted by molar-refractivity contribution is 6.30. The van der Waals surface area contributed by atoms with Crippen molar-refractivity contribution >= 4 is 29.5 Å². The number of hydrogen-bond acceptors (Lipinski definition) is 7. The van der Waals surface area contributed by atoms with Crippen LogP contribution < -0.4 is 5.32 Å². The number of nitrogens with one attached hydrogen (secondary N) is 1. The van der Waals surface area contributed by atoms with Crippen LogP contribution >= 0.6 is 11.6 Å². The normalized spacial score (nSPS) is 20.2. The molecular formula is C23H30ClN7O4. The number of benzene rings is 1. The number of tetrazole rings is 1. The molecule has 3 heterocycles. The molecule has 2 atom stereocenters. The lowest BCUT2D eigenvalue weighted by Gasteiger charge is -2.44. The zero-order valence-corrected chi connectivity index (χ0v) is 20.9. The van der Waals surface area contributed by atoms with E-state index in [0.717, 1.165) is 18.4 Å². The van der Waals surface area contributed by atoms with E-state index in [1.165, 1.54) is 15.9 Å². The average molecular weight is 504 g/mol. The number of amides is 3. The quantitative estimate of drug-likeness (QED) is 0.664. The van der Waals surface area contributed by atoms with Crippen LogP contribution in [0, 0.1) is 0 Å². The summed E-state index contributed by atoms with van der Waals surface area (Å²) in [7, 11) is 0. The van der Waals surface area contributed by atoms with Crippen molar-refractivity contribution in [1.29, 1.82) is 0 Å². The number of nitrogens with zero attached hydrogens (tertiary/aromatic N) is 6. The first kappa shape index (κ1) is 24.9. The van der Waals surface area contributed by atoms with Gasteiger partial charge in [0.05, 0.1) is 5.69 Å². The van der Waals surface area contributed by atoms with Gasteiger partial charge in [0.15, 0.2) is 0 Å². The van der Waals surface area contributed by atoms with Crippen molar-refractivity contribution in [3.63, 3.8) is 0 Å². The predicted octanol–water partition coefficient (Wildman–Crippen LogP) is 2.32. The van der Waals surface area contributed by atoms with Crippen LogP contribution in [0.15, 0.2) is 24.5 Å². The van der Waals surface area contributed by atoms with E-state index in [4.69, 9.17) is 16.3 Å². The second kappa shape index (κ2) is 10.2. The van der Waals surface area contributed by atoms with E-state index in [1.807, 2.05) is 0 Å². The third-order valence-electron chi connectivity index (χ3n) is 6.11. The molecule has 188 valence electrons. The zero-order chi connectivity index (χ0) is 25.2. The summed E-state index contributed by atoms with van der Waals surface area (Å²) in [6, 6.07) is 4.03. The van der Waals surface area contributed by atoms with Crippen LogP contribution in [0.25, 0.3) is 5.69 Å². The summed E-state index contributed by atoms with van der Waals surface area (Å²) in [6.07, 6.45) is 3.74. The molecule has 3 amide bonds. The first-order valence-electron chi connectivity index (χ1n) is 11.7.